The van der Waals surface area contributed by atoms with Gasteiger partial charge < -0.3 is 109 Å². The molecule has 0 aliphatic heterocycles. The predicted molar refractivity (Wildman–Crippen MR) is 368 cm³/mol. The Morgan fingerprint density at radius 1 is 0.277 bits per heavy atom. The topological polar surface area (TPSA) is 505 Å². The Labute approximate surface area is 574 Å². The number of rotatable bonds is 34. The van der Waals surface area contributed by atoms with Crippen molar-refractivity contribution in [3.63, 3.8) is 0 Å². The van der Waals surface area contributed by atoms with Crippen molar-refractivity contribution in [2.24, 2.45) is 5.73 Å². The largest absolute Gasteiger partial charge is 0.480 e. The third kappa shape index (κ3) is 17.4. The highest BCUT2D eigenvalue weighted by molar-refractivity contribution is 6.01. The number of aliphatic hydroxyl groups excluding tert-OH is 5. The summed E-state index contributed by atoms with van der Waals surface area (Å²) in [5.41, 5.74) is 11.4. The lowest BCUT2D eigenvalue weighted by Gasteiger charge is -2.28. The number of amides is 9. The minimum atomic E-state index is -1.88. The minimum Gasteiger partial charge on any atom is -0.480 e. The number of fused-ring (bicyclic) bond motifs is 5. The van der Waals surface area contributed by atoms with E-state index in [1.807, 2.05) is 0 Å². The molecule has 0 aliphatic carbocycles. The Morgan fingerprint density at radius 3 is 0.673 bits per heavy atom. The Kier molecular flexibility index (Phi) is 23.7. The van der Waals surface area contributed by atoms with Crippen LogP contribution in [-0.2, 0) is 80.0 Å². The van der Waals surface area contributed by atoms with Crippen LogP contribution in [0.25, 0.3) is 54.5 Å². The van der Waals surface area contributed by atoms with E-state index in [0.717, 1.165) is 0 Å². The predicted octanol–water partition coefficient (Wildman–Crippen LogP) is -1.66. The van der Waals surface area contributed by atoms with Crippen LogP contribution in [0.5, 0.6) is 0 Å². The number of hydrogen-bond donors (Lipinski definition) is 21. The number of H-pyrrole nitrogens is 5. The van der Waals surface area contributed by atoms with Gasteiger partial charge in [-0.05, 0) is 58.1 Å². The van der Waals surface area contributed by atoms with Crippen LogP contribution in [0.3, 0.4) is 0 Å². The van der Waals surface area contributed by atoms with E-state index in [1.165, 1.54) is 0 Å². The average molecular weight is 1380 g/mol. The highest BCUT2D eigenvalue weighted by Crippen LogP contribution is 2.25. The van der Waals surface area contributed by atoms with Gasteiger partial charge in [0.05, 0.1) is 33.0 Å². The maximum absolute atomic E-state index is 15.3. The second-order valence-electron chi connectivity index (χ2n) is 24.2. The number of para-hydroxylation sites is 5. The van der Waals surface area contributed by atoms with E-state index >= 15 is 19.2 Å². The number of aromatic amines is 5. The summed E-state index contributed by atoms with van der Waals surface area (Å²) in [5, 5.41) is 86.5. The molecule has 10 rings (SSSR count). The van der Waals surface area contributed by atoms with Crippen molar-refractivity contribution in [1.82, 2.24) is 72.8 Å². The second kappa shape index (κ2) is 33.2. The van der Waals surface area contributed by atoms with Gasteiger partial charge in [0, 0.05) is 118 Å². The first kappa shape index (κ1) is 72.0. The number of aliphatic carboxylic acids is 1. The number of carbonyl (C=O) groups excluding carboxylic acids is 9. The zero-order valence-electron chi connectivity index (χ0n) is 54.1. The first-order valence-electron chi connectivity index (χ1n) is 32.3. The molecule has 31 nitrogen and oxygen atoms in total. The number of carbonyl (C=O) groups is 10. The van der Waals surface area contributed by atoms with Gasteiger partial charge in [0.1, 0.15) is 60.4 Å². The molecule has 10 aromatic rings. The van der Waals surface area contributed by atoms with Crippen LogP contribution in [0, 0.1) is 0 Å². The number of aliphatic hydroxyl groups is 5. The van der Waals surface area contributed by atoms with Gasteiger partial charge in [-0.3, -0.25) is 43.2 Å². The zero-order chi connectivity index (χ0) is 71.9. The molecule has 101 heavy (non-hydrogen) atoms. The molecule has 9 amide bonds. The Hall–Kier alpha value is -11.7. The number of hydrogen-bond acceptors (Lipinski definition) is 16. The Balaban J connectivity index is 0.940. The van der Waals surface area contributed by atoms with Gasteiger partial charge >= 0.3 is 5.97 Å². The molecule has 0 unspecified atom stereocenters. The van der Waals surface area contributed by atoms with E-state index in [-0.39, 0.29) is 32.1 Å². The van der Waals surface area contributed by atoms with Gasteiger partial charge in [-0.2, -0.15) is 0 Å². The van der Waals surface area contributed by atoms with Crippen molar-refractivity contribution < 1.29 is 78.6 Å². The highest BCUT2D eigenvalue weighted by Gasteiger charge is 2.37. The van der Waals surface area contributed by atoms with Gasteiger partial charge in [0.15, 0.2) is 0 Å². The van der Waals surface area contributed by atoms with Crippen LogP contribution in [0.1, 0.15) is 27.8 Å². The zero-order valence-corrected chi connectivity index (χ0v) is 54.1. The second-order valence-corrected chi connectivity index (χ2v) is 24.2. The van der Waals surface area contributed by atoms with Gasteiger partial charge in [0.25, 0.3) is 0 Å². The maximum Gasteiger partial charge on any atom is 0.328 e. The summed E-state index contributed by atoms with van der Waals surface area (Å²) in [6.45, 7) is -4.96. The molecule has 0 aliphatic rings. The lowest BCUT2D eigenvalue weighted by Crippen LogP contribution is -2.62. The molecule has 0 radical (unpaired) electrons. The molecule has 22 N–H and O–H groups in total. The molecular weight excluding hydrogens is 1310 g/mol. The third-order valence-electron chi connectivity index (χ3n) is 17.4. The molecule has 5 heterocycles. The summed E-state index contributed by atoms with van der Waals surface area (Å²) in [6, 6.07) is 18.7. The lowest BCUT2D eigenvalue weighted by atomic mass is 10.00. The Bertz CT molecular complexity index is 4650. The van der Waals surface area contributed by atoms with Crippen molar-refractivity contribution in [1.29, 1.82) is 0 Å². The molecule has 0 saturated carbocycles. The summed E-state index contributed by atoms with van der Waals surface area (Å²) < 4.78 is 0. The van der Waals surface area contributed by atoms with E-state index < -0.39 is 153 Å². The molecular formula is C70H77N15O16. The van der Waals surface area contributed by atoms with E-state index in [1.54, 1.807) is 152 Å². The monoisotopic (exact) mass is 1380 g/mol. The van der Waals surface area contributed by atoms with Crippen molar-refractivity contribution >= 4 is 114 Å². The fraction of sp³-hybridized carbons (Fsp3) is 0.286. The average Bonchev–Trinajstić information content (AvgIpc) is 1.75. The van der Waals surface area contributed by atoms with Crippen LogP contribution in [0.15, 0.2) is 152 Å². The van der Waals surface area contributed by atoms with E-state index in [2.05, 4.69) is 72.8 Å². The van der Waals surface area contributed by atoms with Gasteiger partial charge in [-0.15, -0.1) is 0 Å². The van der Waals surface area contributed by atoms with Crippen molar-refractivity contribution in [2.45, 2.75) is 92.5 Å². The van der Waals surface area contributed by atoms with Gasteiger partial charge in [-0.1, -0.05) is 91.0 Å². The maximum atomic E-state index is 15.3. The number of nitrogens with two attached hydrogens (primary N) is 1. The lowest BCUT2D eigenvalue weighted by molar-refractivity contribution is -0.143. The smallest absolute Gasteiger partial charge is 0.328 e. The first-order chi connectivity index (χ1) is 48.8. The SMILES string of the molecule is N[C@@H](CO)C(=O)N[C@@H](CO)C(=O)N[C@@H](CO)C(=O)N[C@@H](Cc1c[nH]c2ccccc12)C(=O)N[C@@H](Cc1c[nH]c2ccccc12)C(=O)N[C@@H](CO)C(=O)N[C@@H](Cc1c[nH]c2ccccc12)C(=O)N[C@@H](Cc1c[nH]c2ccccc12)C(=O)N[C@@H](Cc1c[nH]c2ccccc12)C(=O)N[C@@H](CO)C(=O)O. The summed E-state index contributed by atoms with van der Waals surface area (Å²) >= 11 is 0. The van der Waals surface area contributed by atoms with Crippen molar-refractivity contribution in [2.75, 3.05) is 33.0 Å². The number of carboxylic acids is 1. The number of benzene rings is 5. The van der Waals surface area contributed by atoms with Crippen molar-refractivity contribution in [3.05, 3.63) is 180 Å². The number of nitrogens with one attached hydrogen (secondary N) is 14. The van der Waals surface area contributed by atoms with Crippen molar-refractivity contribution in [3.8, 4) is 0 Å². The normalized spacial score (nSPS) is 14.5. The molecule has 0 saturated heterocycles. The van der Waals surface area contributed by atoms with Gasteiger partial charge in [-0.25, -0.2) is 4.79 Å². The van der Waals surface area contributed by atoms with Gasteiger partial charge in [0.2, 0.25) is 53.2 Å². The van der Waals surface area contributed by atoms with Crippen LogP contribution in [0.4, 0.5) is 0 Å². The van der Waals surface area contributed by atoms with Crippen LogP contribution in [-0.4, -0.2) is 208 Å². The molecule has 10 atom stereocenters. The highest BCUT2D eigenvalue weighted by atomic mass is 16.4. The van der Waals surface area contributed by atoms with E-state index in [4.69, 9.17) is 5.73 Å². The summed E-state index contributed by atoms with van der Waals surface area (Å²) in [7, 11) is 0. The molecule has 528 valence electrons. The number of aromatic nitrogens is 5. The summed E-state index contributed by atoms with van der Waals surface area (Å²) in [5.74, 6) is -10.9. The van der Waals surface area contributed by atoms with Crippen LogP contribution < -0.4 is 53.6 Å². The number of carboxylic acid groups (broad SMARTS) is 1. The minimum absolute atomic E-state index is 0.205. The third-order valence-corrected chi connectivity index (χ3v) is 17.4. The molecule has 0 fully saturated rings. The quantitative estimate of drug-likeness (QED) is 0.0215. The van der Waals surface area contributed by atoms with Crippen LogP contribution >= 0.6 is 0 Å². The van der Waals surface area contributed by atoms with E-state index in [0.29, 0.717) is 82.3 Å². The molecule has 5 aromatic carbocycles. The molecule has 5 aromatic heterocycles. The fourth-order valence-corrected chi connectivity index (χ4v) is 12.0. The molecule has 0 bridgehead atoms. The molecule has 0 spiro atoms. The van der Waals surface area contributed by atoms with E-state index in [9.17, 15) is 59.4 Å². The van der Waals surface area contributed by atoms with Crippen LogP contribution in [0.2, 0.25) is 0 Å². The summed E-state index contributed by atoms with van der Waals surface area (Å²) in [6.07, 6.45) is 6.76. The molecule has 31 heteroatoms. The summed E-state index contributed by atoms with van der Waals surface area (Å²) in [4.78, 5) is 157. The first-order valence-corrected chi connectivity index (χ1v) is 32.3. The fourth-order valence-electron chi connectivity index (χ4n) is 12.0. The standard InChI is InChI=1S/C70H77N15O16/c71-46(31-86)61(91)82-57(32-87)69(99)84-59(34-89)68(98)81-54(23-38-28-74-49-18-8-3-13-43(38)49)64(94)78-55(24-39-29-75-50-19-9-4-14-44(39)50)65(95)83-58(33-88)67(97)80-53(22-37-27-73-48-17-7-2-12-42(37)48)63(93)77-52(21-36-26-72-47-16-6-1-11-41(36)47)62(92)79-56(66(96)85-60(35-90)70(100)101)25-40-30-76-51-20-10-5-15-45(40)51/h1-20,26-30,46,52-60,72-76,86-90H,21-25,31-35,71H2,(H,77,93)(H,78,94)(H,79,92)(H,80,97)(H,81,98)(H,82,91)(H,83,95)(H,84,99)(H,85,96)(H,100,101)/t46-,52-,53-,54-,55-,56-,57-,58-,59-,60-/m0/s1. The Morgan fingerprint density at radius 2 is 0.465 bits per heavy atom.